The summed E-state index contributed by atoms with van der Waals surface area (Å²) < 4.78 is 1.36. The Labute approximate surface area is 99.3 Å². The number of Topliss-reactive ketones (excluding diaryl/α,β-unsaturated/α-hetero) is 1. The molecule has 0 aromatic heterocycles. The van der Waals surface area contributed by atoms with E-state index in [1.807, 2.05) is 0 Å². The zero-order valence-corrected chi connectivity index (χ0v) is 10.7. The highest BCUT2D eigenvalue weighted by atomic mass is 79.9. The third-order valence-electron chi connectivity index (χ3n) is 2.83. The lowest BCUT2D eigenvalue weighted by Gasteiger charge is -2.29. The third kappa shape index (κ3) is 1.58. The first-order valence-corrected chi connectivity index (χ1v) is 6.20. The first-order chi connectivity index (χ1) is 6.61. The van der Waals surface area contributed by atoms with Crippen LogP contribution in [0.2, 0.25) is 0 Å². The van der Waals surface area contributed by atoms with Gasteiger partial charge in [0.05, 0.1) is 8.96 Å². The van der Waals surface area contributed by atoms with Gasteiger partial charge in [0.15, 0.2) is 5.78 Å². The molecule has 2 aliphatic rings. The summed E-state index contributed by atoms with van der Waals surface area (Å²) >= 11 is 6.67. The van der Waals surface area contributed by atoms with Crippen molar-refractivity contribution in [1.82, 2.24) is 0 Å². The van der Waals surface area contributed by atoms with Crippen molar-refractivity contribution in [3.8, 4) is 0 Å². The predicted molar refractivity (Wildman–Crippen MR) is 61.5 cm³/mol. The van der Waals surface area contributed by atoms with Crippen molar-refractivity contribution in [2.45, 2.75) is 25.7 Å². The van der Waals surface area contributed by atoms with E-state index in [0.717, 1.165) is 18.4 Å². The summed E-state index contributed by atoms with van der Waals surface area (Å²) in [6, 6.07) is 0. The summed E-state index contributed by atoms with van der Waals surface area (Å²) in [5, 5.41) is 9.59. The highest BCUT2D eigenvalue weighted by Gasteiger charge is 2.32. The van der Waals surface area contributed by atoms with Gasteiger partial charge in [0, 0.05) is 12.8 Å². The fraction of sp³-hybridized carbons (Fsp3) is 0.500. The van der Waals surface area contributed by atoms with Gasteiger partial charge < -0.3 is 5.11 Å². The second-order valence-electron chi connectivity index (χ2n) is 3.69. The smallest absolute Gasteiger partial charge is 0.170 e. The second-order valence-corrected chi connectivity index (χ2v) is 5.27. The average Bonchev–Trinajstić information content (AvgIpc) is 2.17. The lowest BCUT2D eigenvalue weighted by atomic mass is 9.80. The Bertz CT molecular complexity index is 355. The van der Waals surface area contributed by atoms with Crippen LogP contribution in [0.3, 0.4) is 0 Å². The molecule has 2 nitrogen and oxygen atoms in total. The van der Waals surface area contributed by atoms with Crippen molar-refractivity contribution in [2.75, 3.05) is 0 Å². The van der Waals surface area contributed by atoms with Crippen LogP contribution in [0.5, 0.6) is 0 Å². The SMILES string of the molecule is O=C1CCC2CCC(O)=C(Br)C2=C1Br. The van der Waals surface area contributed by atoms with Crippen molar-refractivity contribution in [3.63, 3.8) is 0 Å². The fourth-order valence-corrected chi connectivity index (χ4v) is 3.74. The number of hydrogen-bond acceptors (Lipinski definition) is 2. The van der Waals surface area contributed by atoms with Crippen molar-refractivity contribution < 1.29 is 9.90 Å². The van der Waals surface area contributed by atoms with E-state index in [1.54, 1.807) is 0 Å². The van der Waals surface area contributed by atoms with Crippen LogP contribution in [-0.4, -0.2) is 10.9 Å². The van der Waals surface area contributed by atoms with Crippen LogP contribution in [0.25, 0.3) is 0 Å². The predicted octanol–water partition coefficient (Wildman–Crippen LogP) is 3.57. The Morgan fingerprint density at radius 2 is 1.79 bits per heavy atom. The quantitative estimate of drug-likeness (QED) is 0.740. The van der Waals surface area contributed by atoms with Crippen molar-refractivity contribution >= 4 is 37.6 Å². The van der Waals surface area contributed by atoms with E-state index in [0.29, 0.717) is 33.5 Å². The monoisotopic (exact) mass is 320 g/mol. The lowest BCUT2D eigenvalue weighted by molar-refractivity contribution is -0.115. The molecular weight excluding hydrogens is 312 g/mol. The standard InChI is InChI=1S/C10H10Br2O2/c11-9-6(13)3-1-5-2-4-7(14)10(12)8(5)9/h5,13H,1-4H2. The second kappa shape index (κ2) is 3.81. The maximum absolute atomic E-state index is 11.5. The topological polar surface area (TPSA) is 37.3 Å². The van der Waals surface area contributed by atoms with Crippen LogP contribution in [0, 0.1) is 5.92 Å². The molecule has 1 N–H and O–H groups in total. The number of halogens is 2. The molecular formula is C10H10Br2O2. The summed E-state index contributed by atoms with van der Waals surface area (Å²) in [7, 11) is 0. The van der Waals surface area contributed by atoms with Gasteiger partial charge in [0.2, 0.25) is 0 Å². The largest absolute Gasteiger partial charge is 0.511 e. The molecule has 0 saturated carbocycles. The number of carbonyl (C=O) groups excluding carboxylic acids is 1. The van der Waals surface area contributed by atoms with Crippen LogP contribution in [0.1, 0.15) is 25.7 Å². The Hall–Kier alpha value is -0.0900. The molecule has 4 heteroatoms. The van der Waals surface area contributed by atoms with Crippen molar-refractivity contribution in [1.29, 1.82) is 0 Å². The number of ketones is 1. The number of aliphatic hydroxyl groups excluding tert-OH is 1. The summed E-state index contributed by atoms with van der Waals surface area (Å²) in [6.07, 6.45) is 3.18. The molecule has 0 aromatic rings. The normalized spacial score (nSPS) is 28.1. The van der Waals surface area contributed by atoms with E-state index in [-0.39, 0.29) is 5.78 Å². The van der Waals surface area contributed by atoms with Gasteiger partial charge in [-0.05, 0) is 56.2 Å². The number of fused-ring (bicyclic) bond motifs is 1. The highest BCUT2D eigenvalue weighted by molar-refractivity contribution is 9.12. The average molecular weight is 322 g/mol. The molecule has 0 bridgehead atoms. The molecule has 1 atom stereocenters. The number of aliphatic hydroxyl groups is 1. The zero-order chi connectivity index (χ0) is 10.3. The third-order valence-corrected chi connectivity index (χ3v) is 4.58. The molecule has 0 amide bonds. The fourth-order valence-electron chi connectivity index (χ4n) is 2.03. The molecule has 76 valence electrons. The number of rotatable bonds is 0. The van der Waals surface area contributed by atoms with Crippen LogP contribution in [0.15, 0.2) is 20.3 Å². The summed E-state index contributed by atoms with van der Waals surface area (Å²) in [5.41, 5.74) is 0.963. The number of hydrogen-bond donors (Lipinski definition) is 1. The summed E-state index contributed by atoms with van der Waals surface area (Å²) in [6.45, 7) is 0. The minimum atomic E-state index is 0.142. The lowest BCUT2D eigenvalue weighted by Crippen LogP contribution is -2.21. The first-order valence-electron chi connectivity index (χ1n) is 4.62. The number of carbonyl (C=O) groups is 1. The van der Waals surface area contributed by atoms with E-state index < -0.39 is 0 Å². The van der Waals surface area contributed by atoms with Crippen molar-refractivity contribution in [3.05, 3.63) is 20.3 Å². The molecule has 0 fully saturated rings. The maximum Gasteiger partial charge on any atom is 0.170 e. The minimum absolute atomic E-state index is 0.142. The summed E-state index contributed by atoms with van der Waals surface area (Å²) in [5.74, 6) is 0.929. The van der Waals surface area contributed by atoms with Gasteiger partial charge in [0.1, 0.15) is 5.76 Å². The van der Waals surface area contributed by atoms with Crippen LogP contribution in [0.4, 0.5) is 0 Å². The van der Waals surface area contributed by atoms with E-state index >= 15 is 0 Å². The molecule has 0 saturated heterocycles. The first kappa shape index (κ1) is 10.4. The van der Waals surface area contributed by atoms with E-state index in [4.69, 9.17) is 0 Å². The van der Waals surface area contributed by atoms with Gasteiger partial charge in [-0.25, -0.2) is 0 Å². The molecule has 0 aromatic carbocycles. The summed E-state index contributed by atoms with van der Waals surface area (Å²) in [4.78, 5) is 11.5. The number of allylic oxidation sites excluding steroid dienone is 4. The Morgan fingerprint density at radius 1 is 1.14 bits per heavy atom. The molecule has 0 spiro atoms. The van der Waals surface area contributed by atoms with Crippen LogP contribution in [-0.2, 0) is 4.79 Å². The van der Waals surface area contributed by atoms with Gasteiger partial charge >= 0.3 is 0 Å². The molecule has 14 heavy (non-hydrogen) atoms. The molecule has 0 aliphatic heterocycles. The molecule has 2 rings (SSSR count). The maximum atomic E-state index is 11.5. The molecule has 0 radical (unpaired) electrons. The van der Waals surface area contributed by atoms with Gasteiger partial charge in [-0.1, -0.05) is 0 Å². The van der Waals surface area contributed by atoms with E-state index in [1.165, 1.54) is 0 Å². The van der Waals surface area contributed by atoms with Crippen LogP contribution >= 0.6 is 31.9 Å². The Kier molecular flexibility index (Phi) is 2.84. The van der Waals surface area contributed by atoms with Gasteiger partial charge in [-0.3, -0.25) is 4.79 Å². The molecule has 1 unspecified atom stereocenters. The highest BCUT2D eigenvalue weighted by Crippen LogP contribution is 2.45. The van der Waals surface area contributed by atoms with E-state index in [2.05, 4.69) is 31.9 Å². The molecule has 2 aliphatic carbocycles. The Morgan fingerprint density at radius 3 is 2.50 bits per heavy atom. The van der Waals surface area contributed by atoms with E-state index in [9.17, 15) is 9.90 Å². The van der Waals surface area contributed by atoms with Gasteiger partial charge in [0.25, 0.3) is 0 Å². The van der Waals surface area contributed by atoms with Crippen LogP contribution < -0.4 is 0 Å². The zero-order valence-electron chi connectivity index (χ0n) is 7.52. The minimum Gasteiger partial charge on any atom is -0.511 e. The molecule has 0 heterocycles. The van der Waals surface area contributed by atoms with Gasteiger partial charge in [-0.15, -0.1) is 0 Å². The van der Waals surface area contributed by atoms with Crippen molar-refractivity contribution in [2.24, 2.45) is 5.92 Å². The van der Waals surface area contributed by atoms with Gasteiger partial charge in [-0.2, -0.15) is 0 Å². The Balaban J connectivity index is 2.52.